The van der Waals surface area contributed by atoms with E-state index in [9.17, 15) is 0 Å². The number of likely N-dealkylation sites (N-methyl/N-ethyl adjacent to an activating group) is 2. The van der Waals surface area contributed by atoms with E-state index in [0.717, 1.165) is 18.8 Å². The smallest absolute Gasteiger partial charge is 0.120 e. The number of nitrogens with zero attached hydrogens (tertiary/aromatic N) is 2. The molecule has 84 valence electrons. The van der Waals surface area contributed by atoms with Crippen LogP contribution in [0.5, 0.6) is 0 Å². The highest BCUT2D eigenvalue weighted by molar-refractivity contribution is 7.05. The lowest BCUT2D eigenvalue weighted by molar-refractivity contribution is 0.357. The third-order valence-corrected chi connectivity index (χ3v) is 2.80. The molecule has 0 aliphatic carbocycles. The maximum absolute atomic E-state index is 7.79. The number of amidine groups is 1. The van der Waals surface area contributed by atoms with Gasteiger partial charge in [-0.3, -0.25) is 5.41 Å². The number of aromatic amines is 1. The fourth-order valence-corrected chi connectivity index (χ4v) is 1.37. The molecule has 0 saturated heterocycles. The lowest BCUT2D eigenvalue weighted by Crippen LogP contribution is -2.32. The van der Waals surface area contributed by atoms with E-state index in [1.54, 1.807) is 11.5 Å². The molecule has 0 atom stereocenters. The van der Waals surface area contributed by atoms with Gasteiger partial charge in [-0.05, 0) is 26.2 Å². The first kappa shape index (κ1) is 12.0. The third kappa shape index (κ3) is 4.31. The lowest BCUT2D eigenvalue weighted by Gasteiger charge is -2.20. The minimum absolute atomic E-state index is 0.538. The van der Waals surface area contributed by atoms with Gasteiger partial charge in [0, 0.05) is 25.5 Å². The molecule has 0 aliphatic heterocycles. The number of nitrogens with one attached hydrogen (secondary N) is 2. The van der Waals surface area contributed by atoms with E-state index in [-0.39, 0.29) is 0 Å². The van der Waals surface area contributed by atoms with E-state index >= 15 is 0 Å². The van der Waals surface area contributed by atoms with E-state index in [2.05, 4.69) is 9.27 Å². The molecule has 4 nitrogen and oxygen atoms in total. The van der Waals surface area contributed by atoms with Crippen LogP contribution < -0.4 is 0 Å². The van der Waals surface area contributed by atoms with Crippen LogP contribution in [0.1, 0.15) is 5.69 Å². The molecule has 0 spiro atoms. The second kappa shape index (κ2) is 5.72. The van der Waals surface area contributed by atoms with Crippen LogP contribution >= 0.6 is 11.5 Å². The first-order chi connectivity index (χ1) is 7.09. The maximum Gasteiger partial charge on any atom is 0.120 e. The monoisotopic (exact) mass is 226 g/mol. The number of aromatic nitrogens is 1. The molecule has 0 aliphatic rings. The molecule has 1 heterocycles. The Kier molecular flexibility index (Phi) is 4.58. The van der Waals surface area contributed by atoms with Crippen LogP contribution in [0.4, 0.5) is 0 Å². The summed E-state index contributed by atoms with van der Waals surface area (Å²) in [5, 5.41) is 9.81. The van der Waals surface area contributed by atoms with Crippen LogP contribution in [0, 0.1) is 5.41 Å². The molecule has 0 radical (unpaired) electrons. The molecule has 1 aromatic rings. The van der Waals surface area contributed by atoms with Gasteiger partial charge < -0.3 is 14.2 Å². The Balaban J connectivity index is 2.31. The van der Waals surface area contributed by atoms with Crippen molar-refractivity contribution in [3.63, 3.8) is 0 Å². The molecular formula is C10H18N4S. The predicted octanol–water partition coefficient (Wildman–Crippen LogP) is 1.56. The van der Waals surface area contributed by atoms with Crippen molar-refractivity contribution < 1.29 is 0 Å². The first-order valence-electron chi connectivity index (χ1n) is 4.84. The Morgan fingerprint density at radius 1 is 1.47 bits per heavy atom. The van der Waals surface area contributed by atoms with Crippen molar-refractivity contribution in [1.29, 1.82) is 5.41 Å². The molecule has 1 rings (SSSR count). The molecule has 0 aromatic carbocycles. The van der Waals surface area contributed by atoms with Crippen LogP contribution in [0.2, 0.25) is 0 Å². The van der Waals surface area contributed by atoms with Crippen molar-refractivity contribution in [1.82, 2.24) is 14.2 Å². The van der Waals surface area contributed by atoms with Crippen molar-refractivity contribution >= 4 is 23.4 Å². The van der Waals surface area contributed by atoms with Crippen LogP contribution in [0.25, 0.3) is 6.08 Å². The van der Waals surface area contributed by atoms with Gasteiger partial charge in [-0.15, -0.1) is 0 Å². The van der Waals surface area contributed by atoms with E-state index in [4.69, 9.17) is 5.41 Å². The van der Waals surface area contributed by atoms with Crippen LogP contribution in [-0.2, 0) is 0 Å². The zero-order valence-electron chi connectivity index (χ0n) is 9.45. The summed E-state index contributed by atoms with van der Waals surface area (Å²) in [6, 6.07) is 0. The number of rotatable bonds is 5. The standard InChI is InChI=1S/C10H18N4S/c1-13(2)6-7-14(3)10(11)5-4-9-8-15-12-9/h4-5,8,11-12H,6-7H2,1-3H3/b5-4-,11-10?. The molecule has 1 aromatic heterocycles. The molecule has 0 amide bonds. The van der Waals surface area contributed by atoms with E-state index < -0.39 is 0 Å². The van der Waals surface area contributed by atoms with Gasteiger partial charge in [0.05, 0.1) is 5.69 Å². The minimum Gasteiger partial charge on any atom is -0.359 e. The second-order valence-corrected chi connectivity index (χ2v) is 4.41. The zero-order chi connectivity index (χ0) is 11.3. The average molecular weight is 226 g/mol. The van der Waals surface area contributed by atoms with Crippen LogP contribution in [0.15, 0.2) is 11.5 Å². The Hall–Kier alpha value is -1.07. The molecular weight excluding hydrogens is 208 g/mol. The van der Waals surface area contributed by atoms with Gasteiger partial charge in [0.15, 0.2) is 0 Å². The fourth-order valence-electron chi connectivity index (χ4n) is 0.967. The Labute approximate surface area is 94.9 Å². The molecule has 0 fully saturated rings. The topological polar surface area (TPSA) is 46.1 Å². The number of H-pyrrole nitrogens is 1. The molecule has 0 saturated carbocycles. The molecule has 0 bridgehead atoms. The summed E-state index contributed by atoms with van der Waals surface area (Å²) in [5.41, 5.74) is 1.07. The molecule has 2 N–H and O–H groups in total. The van der Waals surface area contributed by atoms with Gasteiger partial charge >= 0.3 is 0 Å². The lowest BCUT2D eigenvalue weighted by atomic mass is 10.3. The molecule has 5 heteroatoms. The van der Waals surface area contributed by atoms with Gasteiger partial charge in [0.2, 0.25) is 0 Å². The normalized spacial score (nSPS) is 11.5. The predicted molar refractivity (Wildman–Crippen MR) is 66.6 cm³/mol. The summed E-state index contributed by atoms with van der Waals surface area (Å²) in [4.78, 5) is 4.04. The van der Waals surface area contributed by atoms with Gasteiger partial charge in [0.1, 0.15) is 5.84 Å². The summed E-state index contributed by atoms with van der Waals surface area (Å²) < 4.78 is 3.06. The summed E-state index contributed by atoms with van der Waals surface area (Å²) >= 11 is 1.57. The van der Waals surface area contributed by atoms with Gasteiger partial charge in [-0.1, -0.05) is 11.5 Å². The van der Waals surface area contributed by atoms with Crippen molar-refractivity contribution in [2.75, 3.05) is 34.2 Å². The molecule has 0 unspecified atom stereocenters. The highest BCUT2D eigenvalue weighted by Gasteiger charge is 2.01. The Morgan fingerprint density at radius 3 is 2.60 bits per heavy atom. The summed E-state index contributed by atoms with van der Waals surface area (Å²) in [6.07, 6.45) is 3.74. The second-order valence-electron chi connectivity index (χ2n) is 3.74. The SMILES string of the molecule is CN(C)CCN(C)C(=N)/C=C\c1cs[nH]1. The summed E-state index contributed by atoms with van der Waals surface area (Å²) in [5.74, 6) is 0.538. The summed E-state index contributed by atoms with van der Waals surface area (Å²) in [6.45, 7) is 1.83. The fraction of sp³-hybridized carbons (Fsp3) is 0.500. The van der Waals surface area contributed by atoms with Crippen molar-refractivity contribution in [2.45, 2.75) is 0 Å². The van der Waals surface area contributed by atoms with Crippen molar-refractivity contribution in [3.8, 4) is 0 Å². The first-order valence-corrected chi connectivity index (χ1v) is 5.72. The van der Waals surface area contributed by atoms with E-state index in [1.807, 2.05) is 43.6 Å². The van der Waals surface area contributed by atoms with Crippen LogP contribution in [-0.4, -0.2) is 54.2 Å². The Morgan fingerprint density at radius 2 is 2.13 bits per heavy atom. The summed E-state index contributed by atoms with van der Waals surface area (Å²) in [7, 11) is 6.01. The van der Waals surface area contributed by atoms with Crippen molar-refractivity contribution in [3.05, 3.63) is 17.2 Å². The van der Waals surface area contributed by atoms with Gasteiger partial charge in [-0.2, -0.15) is 0 Å². The number of hydrogen-bond donors (Lipinski definition) is 2. The zero-order valence-corrected chi connectivity index (χ0v) is 10.3. The van der Waals surface area contributed by atoms with Gasteiger partial charge in [0.25, 0.3) is 0 Å². The highest BCUT2D eigenvalue weighted by atomic mass is 32.1. The van der Waals surface area contributed by atoms with Gasteiger partial charge in [-0.25, -0.2) is 0 Å². The minimum atomic E-state index is 0.538. The van der Waals surface area contributed by atoms with Crippen molar-refractivity contribution in [2.24, 2.45) is 0 Å². The maximum atomic E-state index is 7.79. The largest absolute Gasteiger partial charge is 0.359 e. The average Bonchev–Trinajstić information content (AvgIpc) is 2.11. The quantitative estimate of drug-likeness (QED) is 0.591. The Bertz CT molecular complexity index is 315. The molecule has 15 heavy (non-hydrogen) atoms. The van der Waals surface area contributed by atoms with E-state index in [0.29, 0.717) is 5.84 Å². The third-order valence-electron chi connectivity index (χ3n) is 2.08. The van der Waals surface area contributed by atoms with E-state index in [1.165, 1.54) is 0 Å². The highest BCUT2D eigenvalue weighted by Crippen LogP contribution is 2.05. The van der Waals surface area contributed by atoms with Crippen LogP contribution in [0.3, 0.4) is 0 Å². The number of hydrogen-bond acceptors (Lipinski definition) is 3.